The van der Waals surface area contributed by atoms with Crippen molar-refractivity contribution in [2.75, 3.05) is 44.7 Å². The first-order valence-corrected chi connectivity index (χ1v) is 7.38. The molecule has 1 aromatic rings. The van der Waals surface area contributed by atoms with E-state index in [9.17, 15) is 0 Å². The van der Waals surface area contributed by atoms with Crippen LogP contribution in [0.2, 0.25) is 0 Å². The molecule has 0 unspecified atom stereocenters. The summed E-state index contributed by atoms with van der Waals surface area (Å²) >= 11 is 0. The van der Waals surface area contributed by atoms with Crippen molar-refractivity contribution in [3.05, 3.63) is 23.9 Å². The number of anilines is 1. The van der Waals surface area contributed by atoms with E-state index in [0.29, 0.717) is 0 Å². The molecule has 1 N–H and O–H groups in total. The minimum absolute atomic E-state index is 0.942. The quantitative estimate of drug-likeness (QED) is 0.819. The van der Waals surface area contributed by atoms with Crippen LogP contribution in [0.3, 0.4) is 0 Å². The minimum Gasteiger partial charge on any atom is -0.355 e. The number of nitrogens with one attached hydrogen (secondary N) is 1. The van der Waals surface area contributed by atoms with E-state index in [2.05, 4.69) is 46.2 Å². The van der Waals surface area contributed by atoms with Crippen LogP contribution in [-0.4, -0.2) is 49.7 Å². The largest absolute Gasteiger partial charge is 0.355 e. The van der Waals surface area contributed by atoms with Crippen LogP contribution in [0.25, 0.3) is 0 Å². The first kappa shape index (κ1) is 14.3. The zero-order valence-corrected chi connectivity index (χ0v) is 12.2. The molecule has 2 heterocycles. The lowest BCUT2D eigenvalue weighted by Gasteiger charge is -2.22. The highest BCUT2D eigenvalue weighted by Gasteiger charge is 2.13. The molecule has 106 valence electrons. The first-order valence-electron chi connectivity index (χ1n) is 7.38. The van der Waals surface area contributed by atoms with E-state index in [-0.39, 0.29) is 0 Å². The zero-order valence-electron chi connectivity index (χ0n) is 12.2. The van der Waals surface area contributed by atoms with Gasteiger partial charge in [-0.25, -0.2) is 4.98 Å². The maximum atomic E-state index is 4.54. The lowest BCUT2D eigenvalue weighted by atomic mass is 10.2. The molecule has 0 saturated carbocycles. The van der Waals surface area contributed by atoms with Crippen molar-refractivity contribution in [2.45, 2.75) is 26.3 Å². The summed E-state index contributed by atoms with van der Waals surface area (Å²) in [4.78, 5) is 9.34. The summed E-state index contributed by atoms with van der Waals surface area (Å²) in [5.74, 6) is 1.13. The van der Waals surface area contributed by atoms with E-state index in [1.54, 1.807) is 0 Å². The Morgan fingerprint density at radius 2 is 2.16 bits per heavy atom. The molecule has 4 heteroatoms. The summed E-state index contributed by atoms with van der Waals surface area (Å²) in [6.07, 6.45) is 4.33. The van der Waals surface area contributed by atoms with Gasteiger partial charge in [-0.1, -0.05) is 6.92 Å². The Morgan fingerprint density at radius 1 is 1.26 bits per heavy atom. The minimum atomic E-state index is 0.942. The Labute approximate surface area is 116 Å². The molecule has 1 saturated heterocycles. The molecule has 4 nitrogen and oxygen atoms in total. The fourth-order valence-corrected chi connectivity index (χ4v) is 2.43. The number of rotatable bonds is 5. The summed E-state index contributed by atoms with van der Waals surface area (Å²) in [6.45, 7) is 8.72. The highest BCUT2D eigenvalue weighted by atomic mass is 15.2. The highest BCUT2D eigenvalue weighted by Crippen LogP contribution is 2.15. The third kappa shape index (κ3) is 4.48. The van der Waals surface area contributed by atoms with Crippen LogP contribution in [0.15, 0.2) is 18.3 Å². The predicted octanol–water partition coefficient (Wildman–Crippen LogP) is 1.72. The van der Waals surface area contributed by atoms with Crippen LogP contribution in [0.1, 0.15) is 25.3 Å². The molecular formula is C15H26N4. The monoisotopic (exact) mass is 262 g/mol. The van der Waals surface area contributed by atoms with Gasteiger partial charge in [0.2, 0.25) is 0 Å². The summed E-state index contributed by atoms with van der Waals surface area (Å²) < 4.78 is 0. The average molecular weight is 262 g/mol. The van der Waals surface area contributed by atoms with Gasteiger partial charge in [0.1, 0.15) is 5.82 Å². The number of aromatic nitrogens is 1. The van der Waals surface area contributed by atoms with E-state index in [1.807, 2.05) is 6.20 Å². The fraction of sp³-hybridized carbons (Fsp3) is 0.667. The average Bonchev–Trinajstić information content (AvgIpc) is 2.64. The van der Waals surface area contributed by atoms with Crippen molar-refractivity contribution in [3.8, 4) is 0 Å². The summed E-state index contributed by atoms with van der Waals surface area (Å²) in [7, 11) is 2.20. The molecule has 19 heavy (non-hydrogen) atoms. The lowest BCUT2D eigenvalue weighted by Crippen LogP contribution is -2.29. The van der Waals surface area contributed by atoms with E-state index in [1.165, 1.54) is 24.9 Å². The Hall–Kier alpha value is -1.13. The summed E-state index contributed by atoms with van der Waals surface area (Å²) in [6, 6.07) is 4.34. The van der Waals surface area contributed by atoms with Gasteiger partial charge >= 0.3 is 0 Å². The van der Waals surface area contributed by atoms with E-state index in [4.69, 9.17) is 0 Å². The van der Waals surface area contributed by atoms with Crippen molar-refractivity contribution < 1.29 is 0 Å². The second kappa shape index (κ2) is 7.46. The van der Waals surface area contributed by atoms with Gasteiger partial charge in [0.15, 0.2) is 0 Å². The van der Waals surface area contributed by atoms with E-state index >= 15 is 0 Å². The van der Waals surface area contributed by atoms with Crippen molar-refractivity contribution in [1.29, 1.82) is 0 Å². The summed E-state index contributed by atoms with van der Waals surface area (Å²) in [5.41, 5.74) is 1.33. The Balaban J connectivity index is 1.97. The molecule has 0 aromatic carbocycles. The van der Waals surface area contributed by atoms with Gasteiger partial charge in [0.05, 0.1) is 0 Å². The maximum absolute atomic E-state index is 4.54. The third-order valence-corrected chi connectivity index (χ3v) is 3.61. The zero-order chi connectivity index (χ0) is 13.5. The number of likely N-dealkylation sites (N-methyl/N-ethyl adjacent to an activating group) is 1. The normalized spacial score (nSPS) is 17.5. The van der Waals surface area contributed by atoms with Crippen LogP contribution in [0, 0.1) is 0 Å². The van der Waals surface area contributed by atoms with E-state index < -0.39 is 0 Å². The SMILES string of the molecule is CCCNCc1ccnc(N2CCCN(C)CC2)c1. The molecule has 0 radical (unpaired) electrons. The van der Waals surface area contributed by atoms with Gasteiger partial charge in [0.25, 0.3) is 0 Å². The lowest BCUT2D eigenvalue weighted by molar-refractivity contribution is 0.360. The smallest absolute Gasteiger partial charge is 0.128 e. The van der Waals surface area contributed by atoms with Crippen LogP contribution >= 0.6 is 0 Å². The van der Waals surface area contributed by atoms with Crippen molar-refractivity contribution in [2.24, 2.45) is 0 Å². The second-order valence-electron chi connectivity index (χ2n) is 5.34. The van der Waals surface area contributed by atoms with Gasteiger partial charge in [-0.15, -0.1) is 0 Å². The topological polar surface area (TPSA) is 31.4 Å². The van der Waals surface area contributed by atoms with Crippen molar-refractivity contribution >= 4 is 5.82 Å². The molecule has 1 aliphatic heterocycles. The number of nitrogens with zero attached hydrogens (tertiary/aromatic N) is 3. The molecule has 1 fully saturated rings. The van der Waals surface area contributed by atoms with Gasteiger partial charge < -0.3 is 15.1 Å². The van der Waals surface area contributed by atoms with Crippen LogP contribution in [0.4, 0.5) is 5.82 Å². The van der Waals surface area contributed by atoms with Crippen LogP contribution in [0.5, 0.6) is 0 Å². The first-order chi connectivity index (χ1) is 9.29. The molecule has 0 aliphatic carbocycles. The van der Waals surface area contributed by atoms with Gasteiger partial charge in [0, 0.05) is 32.4 Å². The number of hydrogen-bond acceptors (Lipinski definition) is 4. The molecular weight excluding hydrogens is 236 g/mol. The molecule has 0 spiro atoms. The van der Waals surface area contributed by atoms with E-state index in [0.717, 1.165) is 38.5 Å². The molecule has 1 aromatic heterocycles. The third-order valence-electron chi connectivity index (χ3n) is 3.61. The van der Waals surface area contributed by atoms with Crippen LogP contribution < -0.4 is 10.2 Å². The number of pyridine rings is 1. The van der Waals surface area contributed by atoms with Gasteiger partial charge in [-0.2, -0.15) is 0 Å². The Bertz CT molecular complexity index is 380. The molecule has 2 rings (SSSR count). The molecule has 0 bridgehead atoms. The maximum Gasteiger partial charge on any atom is 0.128 e. The molecule has 0 amide bonds. The van der Waals surface area contributed by atoms with Crippen LogP contribution in [-0.2, 0) is 6.54 Å². The van der Waals surface area contributed by atoms with Crippen molar-refractivity contribution in [1.82, 2.24) is 15.2 Å². The van der Waals surface area contributed by atoms with Gasteiger partial charge in [-0.3, -0.25) is 0 Å². The summed E-state index contributed by atoms with van der Waals surface area (Å²) in [5, 5.41) is 3.45. The molecule has 1 aliphatic rings. The van der Waals surface area contributed by atoms with Gasteiger partial charge in [-0.05, 0) is 50.7 Å². The highest BCUT2D eigenvalue weighted by molar-refractivity contribution is 5.41. The number of hydrogen-bond donors (Lipinski definition) is 1. The van der Waals surface area contributed by atoms with Crippen molar-refractivity contribution in [3.63, 3.8) is 0 Å². The standard InChI is InChI=1S/C15H26N4/c1-3-6-16-13-14-5-7-17-15(12-14)19-9-4-8-18(2)10-11-19/h5,7,12,16H,3-4,6,8-11,13H2,1-2H3. The second-order valence-corrected chi connectivity index (χ2v) is 5.34. The Morgan fingerprint density at radius 3 is 3.00 bits per heavy atom. The molecule has 0 atom stereocenters. The predicted molar refractivity (Wildman–Crippen MR) is 80.6 cm³/mol. The fourth-order valence-electron chi connectivity index (χ4n) is 2.43. The Kier molecular flexibility index (Phi) is 5.61.